The van der Waals surface area contributed by atoms with Crippen molar-refractivity contribution in [1.29, 1.82) is 0 Å². The predicted molar refractivity (Wildman–Crippen MR) is 106 cm³/mol. The van der Waals surface area contributed by atoms with Crippen LogP contribution in [0.2, 0.25) is 0 Å². The number of aryl methyl sites for hydroxylation is 1. The van der Waals surface area contributed by atoms with Crippen LogP contribution in [0, 0.1) is 18.2 Å². The van der Waals surface area contributed by atoms with E-state index in [2.05, 4.69) is 4.98 Å². The highest BCUT2D eigenvalue weighted by Gasteiger charge is 2.49. The lowest BCUT2D eigenvalue weighted by molar-refractivity contribution is -0.163. The van der Waals surface area contributed by atoms with E-state index in [1.807, 2.05) is 40.8 Å². The van der Waals surface area contributed by atoms with Gasteiger partial charge >= 0.3 is 5.97 Å². The number of likely N-dealkylation sites (tertiary alicyclic amines) is 1. The molecule has 4 rings (SSSR count). The number of hydrogen-bond acceptors (Lipinski definition) is 4. The van der Waals surface area contributed by atoms with Crippen molar-refractivity contribution in [3.63, 3.8) is 0 Å². The van der Waals surface area contributed by atoms with E-state index in [4.69, 9.17) is 0 Å². The molecule has 2 atom stereocenters. The molecule has 1 fully saturated rings. The molecule has 6 nitrogen and oxygen atoms in total. The number of fused-ring (bicyclic) bond motifs is 1. The Morgan fingerprint density at radius 3 is 2.79 bits per heavy atom. The van der Waals surface area contributed by atoms with Crippen molar-refractivity contribution in [3.05, 3.63) is 71.4 Å². The van der Waals surface area contributed by atoms with Crippen LogP contribution in [0.5, 0.6) is 0 Å². The topological polar surface area (TPSA) is 78.1 Å². The number of benzene rings is 1. The summed E-state index contributed by atoms with van der Waals surface area (Å²) < 4.78 is 15.2. The smallest absolute Gasteiger partial charge is 0.313 e. The Kier molecular flexibility index (Phi) is 5.10. The third-order valence-corrected chi connectivity index (χ3v) is 5.77. The molecule has 0 aliphatic carbocycles. The molecule has 29 heavy (non-hydrogen) atoms. The first kappa shape index (κ1) is 19.5. The number of hydrogen-bond donors (Lipinski definition) is 2. The van der Waals surface area contributed by atoms with Gasteiger partial charge in [-0.05, 0) is 55.2 Å². The van der Waals surface area contributed by atoms with Crippen LogP contribution < -0.4 is 0 Å². The number of pyridine rings is 1. The Hall–Kier alpha value is -2.77. The van der Waals surface area contributed by atoms with Gasteiger partial charge < -0.3 is 14.6 Å². The van der Waals surface area contributed by atoms with Crippen LogP contribution in [-0.2, 0) is 17.8 Å². The number of aliphatic hydroxyl groups is 1. The van der Waals surface area contributed by atoms with E-state index in [1.54, 1.807) is 12.1 Å². The molecule has 1 aliphatic rings. The molecule has 152 valence electrons. The molecular formula is C22H24FN3O3. The molecule has 3 heterocycles. The number of aromatic nitrogens is 2. The van der Waals surface area contributed by atoms with Crippen LogP contribution in [0.1, 0.15) is 23.2 Å². The maximum atomic E-state index is 13.2. The molecule has 1 aromatic carbocycles. The zero-order valence-corrected chi connectivity index (χ0v) is 16.3. The van der Waals surface area contributed by atoms with Gasteiger partial charge in [0.15, 0.2) is 0 Å². The molecule has 1 saturated heterocycles. The molecule has 2 N–H and O–H groups in total. The fourth-order valence-corrected chi connectivity index (χ4v) is 4.17. The fraction of sp³-hybridized carbons (Fsp3) is 0.364. The molecule has 1 aliphatic heterocycles. The van der Waals surface area contributed by atoms with Crippen LogP contribution in [0.25, 0.3) is 5.65 Å². The number of carbonyl (C=O) groups is 1. The summed E-state index contributed by atoms with van der Waals surface area (Å²) in [6.07, 6.45) is 3.44. The van der Waals surface area contributed by atoms with Crippen molar-refractivity contribution in [2.45, 2.75) is 32.4 Å². The molecule has 2 aromatic heterocycles. The summed E-state index contributed by atoms with van der Waals surface area (Å²) in [5.74, 6) is -1.41. The average Bonchev–Trinajstić information content (AvgIpc) is 3.07. The minimum absolute atomic E-state index is 0.143. The minimum Gasteiger partial charge on any atom is -0.481 e. The van der Waals surface area contributed by atoms with E-state index >= 15 is 0 Å². The fourth-order valence-electron chi connectivity index (χ4n) is 4.17. The second-order valence-corrected chi connectivity index (χ2v) is 7.98. The lowest BCUT2D eigenvalue weighted by Crippen LogP contribution is -2.56. The van der Waals surface area contributed by atoms with E-state index in [1.165, 1.54) is 12.1 Å². The summed E-state index contributed by atoms with van der Waals surface area (Å²) in [7, 11) is 0. The largest absolute Gasteiger partial charge is 0.481 e. The number of aliphatic hydroxyl groups excluding tert-OH is 1. The van der Waals surface area contributed by atoms with Crippen LogP contribution >= 0.6 is 0 Å². The number of halogens is 1. The average molecular weight is 397 g/mol. The number of nitrogens with zero attached hydrogens (tertiary/aromatic N) is 3. The molecule has 0 spiro atoms. The van der Waals surface area contributed by atoms with E-state index in [9.17, 15) is 19.4 Å². The molecule has 0 amide bonds. The highest BCUT2D eigenvalue weighted by molar-refractivity contribution is 5.76. The van der Waals surface area contributed by atoms with Gasteiger partial charge in [-0.15, -0.1) is 0 Å². The van der Waals surface area contributed by atoms with Gasteiger partial charge in [0.1, 0.15) is 16.9 Å². The van der Waals surface area contributed by atoms with Crippen molar-refractivity contribution >= 4 is 11.6 Å². The van der Waals surface area contributed by atoms with Crippen LogP contribution in [0.15, 0.2) is 48.8 Å². The molecule has 0 bridgehead atoms. The lowest BCUT2D eigenvalue weighted by Gasteiger charge is -2.43. The van der Waals surface area contributed by atoms with Crippen LogP contribution in [0.3, 0.4) is 0 Å². The zero-order chi connectivity index (χ0) is 20.6. The van der Waals surface area contributed by atoms with Crippen molar-refractivity contribution < 1.29 is 19.4 Å². The second kappa shape index (κ2) is 7.57. The number of imidazole rings is 1. The van der Waals surface area contributed by atoms with Crippen LogP contribution in [0.4, 0.5) is 4.39 Å². The minimum atomic E-state index is -1.34. The van der Waals surface area contributed by atoms with Gasteiger partial charge in [0.05, 0.1) is 11.8 Å². The van der Waals surface area contributed by atoms with Crippen LogP contribution in [-0.4, -0.2) is 49.7 Å². The Morgan fingerprint density at radius 2 is 2.07 bits per heavy atom. The monoisotopic (exact) mass is 397 g/mol. The van der Waals surface area contributed by atoms with E-state index in [-0.39, 0.29) is 18.8 Å². The van der Waals surface area contributed by atoms with Crippen molar-refractivity contribution in [1.82, 2.24) is 14.3 Å². The summed E-state index contributed by atoms with van der Waals surface area (Å²) in [6.45, 7) is 3.31. The Balaban J connectivity index is 1.57. The van der Waals surface area contributed by atoms with Crippen molar-refractivity contribution in [2.75, 3.05) is 13.1 Å². The first-order valence-corrected chi connectivity index (χ1v) is 9.68. The predicted octanol–water partition coefficient (Wildman–Crippen LogP) is 2.66. The molecule has 0 radical (unpaired) electrons. The summed E-state index contributed by atoms with van der Waals surface area (Å²) >= 11 is 0. The lowest BCUT2D eigenvalue weighted by atomic mass is 9.73. The van der Waals surface area contributed by atoms with E-state index < -0.39 is 17.5 Å². The third-order valence-electron chi connectivity index (χ3n) is 5.77. The number of rotatable bonds is 5. The number of carboxylic acids is 1. The maximum Gasteiger partial charge on any atom is 0.313 e. The molecule has 7 heteroatoms. The van der Waals surface area contributed by atoms with Gasteiger partial charge in [0.25, 0.3) is 0 Å². The number of carboxylic acid groups (broad SMARTS) is 1. The van der Waals surface area contributed by atoms with Gasteiger partial charge in [0, 0.05) is 32.0 Å². The standard InChI is InChI=1S/C22H24FN3O3/c1-15-6-9-26-13-18(24-20(26)10-15)12-25-8-7-19(27)22(14-25,21(28)29)11-16-2-4-17(23)5-3-16/h2-6,9-10,13,19,27H,7-8,11-12,14H2,1H3,(H,28,29)/t19-,22-/m1/s1. The second-order valence-electron chi connectivity index (χ2n) is 7.98. The number of piperidine rings is 1. The zero-order valence-electron chi connectivity index (χ0n) is 16.3. The summed E-state index contributed by atoms with van der Waals surface area (Å²) in [5.41, 5.74) is 2.19. The first-order valence-electron chi connectivity index (χ1n) is 9.68. The Morgan fingerprint density at radius 1 is 1.31 bits per heavy atom. The summed E-state index contributed by atoms with van der Waals surface area (Å²) in [5, 5.41) is 20.7. The quantitative estimate of drug-likeness (QED) is 0.692. The molecular weight excluding hydrogens is 373 g/mol. The SMILES string of the molecule is Cc1ccn2cc(CN3CC[C@@H](O)[C@](Cc4ccc(F)cc4)(C(=O)O)C3)nc2c1. The van der Waals surface area contributed by atoms with Gasteiger partial charge in [0.2, 0.25) is 0 Å². The first-order chi connectivity index (χ1) is 13.9. The van der Waals surface area contributed by atoms with Gasteiger partial charge in [-0.25, -0.2) is 9.37 Å². The van der Waals surface area contributed by atoms with E-state index in [0.29, 0.717) is 25.1 Å². The number of aliphatic carboxylic acids is 1. The molecule has 0 unspecified atom stereocenters. The van der Waals surface area contributed by atoms with Gasteiger partial charge in [-0.2, -0.15) is 0 Å². The summed E-state index contributed by atoms with van der Waals surface area (Å²) in [4.78, 5) is 18.9. The normalized spacial score (nSPS) is 22.8. The molecule has 0 saturated carbocycles. The van der Waals surface area contributed by atoms with Crippen molar-refractivity contribution in [3.8, 4) is 0 Å². The summed E-state index contributed by atoms with van der Waals surface area (Å²) in [6, 6.07) is 9.80. The maximum absolute atomic E-state index is 13.2. The highest BCUT2D eigenvalue weighted by Crippen LogP contribution is 2.35. The molecule has 3 aromatic rings. The van der Waals surface area contributed by atoms with E-state index in [0.717, 1.165) is 16.9 Å². The van der Waals surface area contributed by atoms with Gasteiger partial charge in [-0.1, -0.05) is 12.1 Å². The Bertz CT molecular complexity index is 1030. The Labute approximate surface area is 168 Å². The highest BCUT2D eigenvalue weighted by atomic mass is 19.1. The van der Waals surface area contributed by atoms with Gasteiger partial charge in [-0.3, -0.25) is 9.69 Å². The third kappa shape index (κ3) is 3.88. The van der Waals surface area contributed by atoms with Crippen molar-refractivity contribution in [2.24, 2.45) is 5.41 Å².